The summed E-state index contributed by atoms with van der Waals surface area (Å²) in [6.45, 7) is 5.63. The van der Waals surface area contributed by atoms with Crippen molar-refractivity contribution < 1.29 is 9.21 Å². The molecule has 0 saturated carbocycles. The Balaban J connectivity index is 1.72. The van der Waals surface area contributed by atoms with Crippen molar-refractivity contribution in [2.45, 2.75) is 31.2 Å². The van der Waals surface area contributed by atoms with Crippen molar-refractivity contribution in [3.63, 3.8) is 0 Å². The third kappa shape index (κ3) is 3.32. The van der Waals surface area contributed by atoms with Gasteiger partial charge in [-0.2, -0.15) is 5.10 Å². The predicted octanol–water partition coefficient (Wildman–Crippen LogP) is 2.54. The first-order valence-electron chi connectivity index (χ1n) is 7.79. The summed E-state index contributed by atoms with van der Waals surface area (Å²) >= 11 is 1.34. The molecule has 132 valence electrons. The number of nitrogens with one attached hydrogen (secondary N) is 1. The standard InChI is InChI=1S/C16H20N6O2S/c1-9-13(10(2)22(5)20-9)17-15(23)11(3)25-16-19-18-14(21(16)4)12-7-6-8-24-12/h6-8,11H,1-5H3,(H,17,23)/t11-/m0/s1. The van der Waals surface area contributed by atoms with Crippen LogP contribution in [-0.2, 0) is 18.9 Å². The first kappa shape index (κ1) is 17.3. The molecule has 1 N–H and O–H groups in total. The number of hydrogen-bond acceptors (Lipinski definition) is 6. The topological polar surface area (TPSA) is 90.8 Å². The Morgan fingerprint density at radius 3 is 2.68 bits per heavy atom. The molecule has 0 fully saturated rings. The number of aryl methyl sites for hydroxylation is 2. The number of anilines is 1. The Morgan fingerprint density at radius 2 is 2.08 bits per heavy atom. The third-order valence-electron chi connectivity index (χ3n) is 3.99. The van der Waals surface area contributed by atoms with Crippen LogP contribution < -0.4 is 5.32 Å². The average molecular weight is 360 g/mol. The molecule has 0 spiro atoms. The molecule has 0 aliphatic carbocycles. The number of rotatable bonds is 5. The second-order valence-corrected chi connectivity index (χ2v) is 7.07. The van der Waals surface area contributed by atoms with Crippen LogP contribution in [0.4, 0.5) is 5.69 Å². The lowest BCUT2D eigenvalue weighted by atomic mass is 10.3. The average Bonchev–Trinajstić information content (AvgIpc) is 3.26. The van der Waals surface area contributed by atoms with E-state index in [-0.39, 0.29) is 11.2 Å². The van der Waals surface area contributed by atoms with Crippen LogP contribution in [0.15, 0.2) is 28.0 Å². The smallest absolute Gasteiger partial charge is 0.237 e. The molecule has 25 heavy (non-hydrogen) atoms. The second kappa shape index (κ2) is 6.75. The normalized spacial score (nSPS) is 12.4. The van der Waals surface area contributed by atoms with Crippen LogP contribution in [0, 0.1) is 13.8 Å². The zero-order valence-corrected chi connectivity index (χ0v) is 15.6. The molecule has 3 rings (SSSR count). The molecular formula is C16H20N6O2S. The molecule has 1 atom stereocenters. The number of nitrogens with zero attached hydrogens (tertiary/aromatic N) is 5. The molecule has 0 aliphatic rings. The van der Waals surface area contributed by atoms with Crippen LogP contribution in [0.25, 0.3) is 11.6 Å². The molecule has 1 amide bonds. The van der Waals surface area contributed by atoms with Crippen molar-refractivity contribution in [1.82, 2.24) is 24.5 Å². The van der Waals surface area contributed by atoms with E-state index in [1.54, 1.807) is 17.0 Å². The summed E-state index contributed by atoms with van der Waals surface area (Å²) in [5, 5.41) is 15.9. The van der Waals surface area contributed by atoms with E-state index < -0.39 is 0 Å². The van der Waals surface area contributed by atoms with Gasteiger partial charge in [-0.05, 0) is 32.9 Å². The molecule has 0 saturated heterocycles. The van der Waals surface area contributed by atoms with Crippen LogP contribution in [0.5, 0.6) is 0 Å². The molecule has 0 aliphatic heterocycles. The third-order valence-corrected chi connectivity index (χ3v) is 5.12. The number of thioether (sulfide) groups is 1. The zero-order chi connectivity index (χ0) is 18.1. The van der Waals surface area contributed by atoms with Gasteiger partial charge in [0.05, 0.1) is 28.6 Å². The molecule has 3 aromatic rings. The Morgan fingerprint density at radius 1 is 1.32 bits per heavy atom. The summed E-state index contributed by atoms with van der Waals surface area (Å²) in [6.07, 6.45) is 1.59. The van der Waals surface area contributed by atoms with E-state index in [1.807, 2.05) is 45.5 Å². The highest BCUT2D eigenvalue weighted by atomic mass is 32.2. The summed E-state index contributed by atoms with van der Waals surface area (Å²) in [7, 11) is 3.70. The summed E-state index contributed by atoms with van der Waals surface area (Å²) in [5.74, 6) is 1.16. The molecule has 3 aromatic heterocycles. The number of carbonyl (C=O) groups is 1. The Hall–Kier alpha value is -2.55. The van der Waals surface area contributed by atoms with Crippen LogP contribution in [-0.4, -0.2) is 35.7 Å². The fraction of sp³-hybridized carbons (Fsp3) is 0.375. The summed E-state index contributed by atoms with van der Waals surface area (Å²) < 4.78 is 8.92. The highest BCUT2D eigenvalue weighted by Gasteiger charge is 2.22. The van der Waals surface area contributed by atoms with Gasteiger partial charge in [-0.25, -0.2) is 0 Å². The van der Waals surface area contributed by atoms with Gasteiger partial charge in [-0.1, -0.05) is 11.8 Å². The van der Waals surface area contributed by atoms with Gasteiger partial charge in [0.2, 0.25) is 5.91 Å². The summed E-state index contributed by atoms with van der Waals surface area (Å²) in [6, 6.07) is 3.62. The lowest BCUT2D eigenvalue weighted by molar-refractivity contribution is -0.115. The van der Waals surface area contributed by atoms with Crippen molar-refractivity contribution >= 4 is 23.4 Å². The SMILES string of the molecule is Cc1nn(C)c(C)c1NC(=O)[C@H](C)Sc1nnc(-c2ccco2)n1C. The van der Waals surface area contributed by atoms with Crippen LogP contribution in [0.1, 0.15) is 18.3 Å². The van der Waals surface area contributed by atoms with E-state index >= 15 is 0 Å². The van der Waals surface area contributed by atoms with Crippen LogP contribution in [0.3, 0.4) is 0 Å². The van der Waals surface area contributed by atoms with Crippen LogP contribution >= 0.6 is 11.8 Å². The minimum atomic E-state index is -0.341. The highest BCUT2D eigenvalue weighted by Crippen LogP contribution is 2.27. The first-order chi connectivity index (χ1) is 11.9. The van der Waals surface area contributed by atoms with Gasteiger partial charge in [0.1, 0.15) is 0 Å². The van der Waals surface area contributed by atoms with Crippen molar-refractivity contribution in [2.24, 2.45) is 14.1 Å². The molecule has 0 aromatic carbocycles. The van der Waals surface area contributed by atoms with Crippen molar-refractivity contribution in [1.29, 1.82) is 0 Å². The van der Waals surface area contributed by atoms with E-state index in [1.165, 1.54) is 11.8 Å². The molecule has 0 bridgehead atoms. The maximum atomic E-state index is 12.5. The van der Waals surface area contributed by atoms with Gasteiger partial charge < -0.3 is 14.3 Å². The fourth-order valence-corrected chi connectivity index (χ4v) is 3.24. The lowest BCUT2D eigenvalue weighted by Crippen LogP contribution is -2.23. The lowest BCUT2D eigenvalue weighted by Gasteiger charge is -2.12. The van der Waals surface area contributed by atoms with Crippen molar-refractivity contribution in [3.05, 3.63) is 29.8 Å². The van der Waals surface area contributed by atoms with E-state index in [4.69, 9.17) is 4.42 Å². The number of carbonyl (C=O) groups excluding carboxylic acids is 1. The quantitative estimate of drug-likeness (QED) is 0.703. The maximum Gasteiger partial charge on any atom is 0.237 e. The number of aromatic nitrogens is 5. The molecule has 8 nitrogen and oxygen atoms in total. The predicted molar refractivity (Wildman–Crippen MR) is 95.3 cm³/mol. The van der Waals surface area contributed by atoms with E-state index in [9.17, 15) is 4.79 Å². The molecule has 0 radical (unpaired) electrons. The first-order valence-corrected chi connectivity index (χ1v) is 8.67. The minimum Gasteiger partial charge on any atom is -0.461 e. The Kier molecular flexibility index (Phi) is 4.67. The van der Waals surface area contributed by atoms with E-state index in [0.717, 1.165) is 17.1 Å². The van der Waals surface area contributed by atoms with Crippen molar-refractivity contribution in [3.8, 4) is 11.6 Å². The van der Waals surface area contributed by atoms with Crippen molar-refractivity contribution in [2.75, 3.05) is 5.32 Å². The van der Waals surface area contributed by atoms with Gasteiger partial charge in [0, 0.05) is 14.1 Å². The molecule has 3 heterocycles. The minimum absolute atomic E-state index is 0.105. The summed E-state index contributed by atoms with van der Waals surface area (Å²) in [4.78, 5) is 12.5. The Bertz CT molecular complexity index is 896. The Labute approximate surface area is 149 Å². The van der Waals surface area contributed by atoms with Gasteiger partial charge in [0.25, 0.3) is 0 Å². The molecule has 0 unspecified atom stereocenters. The fourth-order valence-electron chi connectivity index (χ4n) is 2.43. The van der Waals surface area contributed by atoms with Gasteiger partial charge >= 0.3 is 0 Å². The second-order valence-electron chi connectivity index (χ2n) is 5.76. The molecular weight excluding hydrogens is 340 g/mol. The largest absolute Gasteiger partial charge is 0.461 e. The van der Waals surface area contributed by atoms with Crippen LogP contribution in [0.2, 0.25) is 0 Å². The number of amides is 1. The highest BCUT2D eigenvalue weighted by molar-refractivity contribution is 8.00. The zero-order valence-electron chi connectivity index (χ0n) is 14.8. The number of furan rings is 1. The van der Waals surface area contributed by atoms with Gasteiger partial charge in [-0.15, -0.1) is 10.2 Å². The van der Waals surface area contributed by atoms with E-state index in [2.05, 4.69) is 20.6 Å². The summed E-state index contributed by atoms with van der Waals surface area (Å²) in [5.41, 5.74) is 2.47. The van der Waals surface area contributed by atoms with Gasteiger partial charge in [-0.3, -0.25) is 9.48 Å². The number of hydrogen-bond donors (Lipinski definition) is 1. The van der Waals surface area contributed by atoms with E-state index in [0.29, 0.717) is 16.7 Å². The van der Waals surface area contributed by atoms with Gasteiger partial charge in [0.15, 0.2) is 16.7 Å². The maximum absolute atomic E-state index is 12.5. The molecule has 9 heteroatoms. The monoisotopic (exact) mass is 360 g/mol.